The van der Waals surface area contributed by atoms with Crippen LogP contribution in [0.5, 0.6) is 0 Å². The topological polar surface area (TPSA) is 139 Å². The minimum Gasteiger partial charge on any atom is -0.365 e. The number of nitrogens with two attached hydrogens (primary N) is 1. The molecule has 0 spiro atoms. The van der Waals surface area contributed by atoms with E-state index >= 15 is 0 Å². The summed E-state index contributed by atoms with van der Waals surface area (Å²) in [6.45, 7) is 0. The summed E-state index contributed by atoms with van der Waals surface area (Å²) in [5, 5.41) is 25.2. The Kier molecular flexibility index (Phi) is 6.64. The first-order valence-electron chi connectivity index (χ1n) is 8.99. The number of nitro benzene ring substituents is 1. The Morgan fingerprint density at radius 3 is 2.55 bits per heavy atom. The van der Waals surface area contributed by atoms with E-state index in [9.17, 15) is 19.7 Å². The van der Waals surface area contributed by atoms with E-state index in [0.29, 0.717) is 5.69 Å². The average Bonchev–Trinajstić information content (AvgIpc) is 2.76. The number of fused-ring (bicyclic) bond motifs is 1. The molecular formula is C22H16N4O4S. The monoisotopic (exact) mass is 432 g/mol. The van der Waals surface area contributed by atoms with E-state index in [4.69, 9.17) is 11.0 Å². The highest BCUT2D eigenvalue weighted by atomic mass is 32.2. The Balaban J connectivity index is 1.72. The van der Waals surface area contributed by atoms with Crippen molar-refractivity contribution in [3.8, 4) is 6.07 Å². The van der Waals surface area contributed by atoms with Gasteiger partial charge >= 0.3 is 0 Å². The van der Waals surface area contributed by atoms with Crippen molar-refractivity contribution in [3.05, 3.63) is 81.9 Å². The smallest absolute Gasteiger partial charge is 0.283 e. The van der Waals surface area contributed by atoms with Crippen molar-refractivity contribution >= 4 is 51.8 Å². The van der Waals surface area contributed by atoms with Gasteiger partial charge in [-0.05, 0) is 40.6 Å². The number of thioether (sulfide) groups is 1. The van der Waals surface area contributed by atoms with Gasteiger partial charge in [-0.3, -0.25) is 19.7 Å². The summed E-state index contributed by atoms with van der Waals surface area (Å²) in [6.07, 6.45) is 1.18. The van der Waals surface area contributed by atoms with Gasteiger partial charge in [-0.2, -0.15) is 5.26 Å². The molecule has 8 nitrogen and oxygen atoms in total. The molecule has 0 aromatic heterocycles. The van der Waals surface area contributed by atoms with Crippen LogP contribution < -0.4 is 11.1 Å². The Labute approximate surface area is 181 Å². The molecule has 0 radical (unpaired) electrons. The molecule has 0 bridgehead atoms. The van der Waals surface area contributed by atoms with Crippen molar-refractivity contribution in [1.82, 2.24) is 0 Å². The number of carbonyl (C=O) groups is 2. The summed E-state index contributed by atoms with van der Waals surface area (Å²) in [6, 6.07) is 19.1. The summed E-state index contributed by atoms with van der Waals surface area (Å²) in [5.41, 5.74) is 5.45. The highest BCUT2D eigenvalue weighted by Gasteiger charge is 2.17. The second-order valence-corrected chi connectivity index (χ2v) is 7.43. The number of nitrogens with one attached hydrogen (secondary N) is 1. The van der Waals surface area contributed by atoms with Crippen molar-refractivity contribution in [2.45, 2.75) is 4.90 Å². The Hall–Kier alpha value is -4.16. The van der Waals surface area contributed by atoms with Crippen molar-refractivity contribution in [2.75, 3.05) is 11.1 Å². The van der Waals surface area contributed by atoms with E-state index in [0.717, 1.165) is 22.5 Å². The number of amides is 2. The maximum atomic E-state index is 12.3. The lowest BCUT2D eigenvalue weighted by atomic mass is 10.1. The average molecular weight is 432 g/mol. The number of carbonyl (C=O) groups excluding carboxylic acids is 2. The standard InChI is InChI=1S/C22H16N4O4S/c23-12-17(22(24)28)9-14-5-8-20(19(10-14)26(29)30)31-13-21(27)25-18-7-6-15-3-1-2-4-16(15)11-18/h1-11H,13H2,(H2,24,28)(H,25,27)/b17-9+. The van der Waals surface area contributed by atoms with E-state index < -0.39 is 10.8 Å². The molecule has 0 heterocycles. The van der Waals surface area contributed by atoms with E-state index in [1.807, 2.05) is 36.4 Å². The summed E-state index contributed by atoms with van der Waals surface area (Å²) in [7, 11) is 0. The predicted octanol–water partition coefficient (Wildman–Crippen LogP) is 3.87. The number of hydrogen-bond donors (Lipinski definition) is 2. The summed E-state index contributed by atoms with van der Waals surface area (Å²) in [5.74, 6) is -1.26. The van der Waals surface area contributed by atoms with E-state index in [2.05, 4.69) is 5.32 Å². The van der Waals surface area contributed by atoms with Crippen LogP contribution in [-0.2, 0) is 9.59 Å². The number of benzene rings is 3. The zero-order valence-corrected chi connectivity index (χ0v) is 16.9. The molecule has 31 heavy (non-hydrogen) atoms. The lowest BCUT2D eigenvalue weighted by molar-refractivity contribution is -0.387. The molecule has 154 valence electrons. The summed E-state index contributed by atoms with van der Waals surface area (Å²) in [4.78, 5) is 34.6. The molecule has 9 heteroatoms. The van der Waals surface area contributed by atoms with Gasteiger partial charge in [0.05, 0.1) is 15.6 Å². The molecule has 0 saturated carbocycles. The van der Waals surface area contributed by atoms with Gasteiger partial charge < -0.3 is 11.1 Å². The lowest BCUT2D eigenvalue weighted by Gasteiger charge is -2.07. The lowest BCUT2D eigenvalue weighted by Crippen LogP contribution is -2.14. The SMILES string of the molecule is N#C/C(=C\c1ccc(SCC(=O)Nc2ccc3ccccc3c2)c([N+](=O)[O-])c1)C(N)=O. The van der Waals surface area contributed by atoms with Crippen LogP contribution in [0.2, 0.25) is 0 Å². The van der Waals surface area contributed by atoms with Crippen LogP contribution in [0.15, 0.2) is 71.1 Å². The third-order valence-corrected chi connectivity index (χ3v) is 5.33. The minimum atomic E-state index is -0.922. The summed E-state index contributed by atoms with van der Waals surface area (Å²) < 4.78 is 0. The van der Waals surface area contributed by atoms with Crippen LogP contribution in [0.3, 0.4) is 0 Å². The highest BCUT2D eigenvalue weighted by molar-refractivity contribution is 8.00. The Bertz CT molecular complexity index is 1260. The third kappa shape index (κ3) is 5.46. The van der Waals surface area contributed by atoms with Crippen molar-refractivity contribution < 1.29 is 14.5 Å². The fourth-order valence-corrected chi connectivity index (χ4v) is 3.63. The van der Waals surface area contributed by atoms with Gasteiger partial charge in [-0.25, -0.2) is 0 Å². The molecule has 0 aliphatic carbocycles. The largest absolute Gasteiger partial charge is 0.365 e. The van der Waals surface area contributed by atoms with E-state index in [1.165, 1.54) is 24.3 Å². The molecule has 3 aromatic carbocycles. The molecule has 0 aliphatic rings. The molecule has 0 unspecified atom stereocenters. The second-order valence-electron chi connectivity index (χ2n) is 6.42. The van der Waals surface area contributed by atoms with Crippen LogP contribution in [0, 0.1) is 21.4 Å². The molecule has 0 saturated heterocycles. The Morgan fingerprint density at radius 2 is 1.87 bits per heavy atom. The first-order valence-corrected chi connectivity index (χ1v) is 9.97. The second kappa shape index (κ2) is 9.56. The van der Waals surface area contributed by atoms with Gasteiger partial charge in [-0.15, -0.1) is 11.8 Å². The number of rotatable bonds is 7. The van der Waals surface area contributed by atoms with Gasteiger partial charge in [0.1, 0.15) is 11.6 Å². The molecular weight excluding hydrogens is 416 g/mol. The number of nitro groups is 1. The zero-order valence-electron chi connectivity index (χ0n) is 16.1. The number of primary amides is 1. The van der Waals surface area contributed by atoms with E-state index in [-0.39, 0.29) is 33.4 Å². The zero-order chi connectivity index (χ0) is 22.4. The van der Waals surface area contributed by atoms with Crippen LogP contribution in [-0.4, -0.2) is 22.5 Å². The highest BCUT2D eigenvalue weighted by Crippen LogP contribution is 2.31. The normalized spacial score (nSPS) is 11.0. The molecule has 0 fully saturated rings. The minimum absolute atomic E-state index is 0.0341. The van der Waals surface area contributed by atoms with Crippen LogP contribution >= 0.6 is 11.8 Å². The Morgan fingerprint density at radius 1 is 1.13 bits per heavy atom. The first kappa shape index (κ1) is 21.5. The first-order chi connectivity index (χ1) is 14.9. The number of hydrogen-bond acceptors (Lipinski definition) is 6. The van der Waals surface area contributed by atoms with Crippen LogP contribution in [0.1, 0.15) is 5.56 Å². The van der Waals surface area contributed by atoms with Crippen molar-refractivity contribution in [1.29, 1.82) is 5.26 Å². The third-order valence-electron chi connectivity index (χ3n) is 4.27. The van der Waals surface area contributed by atoms with E-state index in [1.54, 1.807) is 12.1 Å². The van der Waals surface area contributed by atoms with Gasteiger partial charge in [0.15, 0.2) is 0 Å². The number of nitrogens with zero attached hydrogens (tertiary/aromatic N) is 2. The molecule has 0 aliphatic heterocycles. The van der Waals surface area contributed by atoms with Crippen molar-refractivity contribution in [3.63, 3.8) is 0 Å². The molecule has 3 N–H and O–H groups in total. The molecule has 2 amide bonds. The quantitative estimate of drug-likeness (QED) is 0.191. The molecule has 3 rings (SSSR count). The predicted molar refractivity (Wildman–Crippen MR) is 119 cm³/mol. The fraction of sp³-hybridized carbons (Fsp3) is 0.0455. The molecule has 0 atom stereocenters. The van der Waals surface area contributed by atoms with Gasteiger partial charge in [0.25, 0.3) is 11.6 Å². The maximum Gasteiger partial charge on any atom is 0.283 e. The van der Waals surface area contributed by atoms with Crippen molar-refractivity contribution in [2.24, 2.45) is 5.73 Å². The van der Waals surface area contributed by atoms with Gasteiger partial charge in [0.2, 0.25) is 5.91 Å². The fourth-order valence-electron chi connectivity index (χ4n) is 2.82. The number of nitriles is 1. The summed E-state index contributed by atoms with van der Waals surface area (Å²) >= 11 is 1.01. The molecule has 3 aromatic rings. The van der Waals surface area contributed by atoms with Gasteiger partial charge in [0, 0.05) is 11.8 Å². The van der Waals surface area contributed by atoms with Crippen LogP contribution in [0.4, 0.5) is 11.4 Å². The maximum absolute atomic E-state index is 12.3. The van der Waals surface area contributed by atoms with Gasteiger partial charge in [-0.1, -0.05) is 36.4 Å². The number of anilines is 1. The van der Waals surface area contributed by atoms with Crippen LogP contribution in [0.25, 0.3) is 16.8 Å².